The lowest BCUT2D eigenvalue weighted by Crippen LogP contribution is -2.55. The number of amides is 1. The van der Waals surface area contributed by atoms with Crippen molar-refractivity contribution in [3.63, 3.8) is 0 Å². The van der Waals surface area contributed by atoms with Crippen LogP contribution in [0, 0.1) is 5.82 Å². The fourth-order valence-electron chi connectivity index (χ4n) is 5.60. The van der Waals surface area contributed by atoms with Crippen LogP contribution in [-0.2, 0) is 6.54 Å². The topological polar surface area (TPSA) is 87.0 Å². The molecular weight excluding hydrogens is 570 g/mol. The summed E-state index contributed by atoms with van der Waals surface area (Å²) >= 11 is 12.2. The van der Waals surface area contributed by atoms with E-state index in [1.807, 2.05) is 16.4 Å². The molecule has 41 heavy (non-hydrogen) atoms. The number of piperazine rings is 1. The summed E-state index contributed by atoms with van der Waals surface area (Å²) in [6.07, 6.45) is 3.32. The Balaban J connectivity index is 1.51. The minimum atomic E-state index is -0.840. The third kappa shape index (κ3) is 6.18. The van der Waals surface area contributed by atoms with Crippen molar-refractivity contribution in [1.82, 2.24) is 14.8 Å². The van der Waals surface area contributed by atoms with Crippen LogP contribution in [0.15, 0.2) is 35.3 Å². The van der Waals surface area contributed by atoms with E-state index in [9.17, 15) is 14.7 Å². The number of β-amino-alcohol motifs (C(OH)–C–C–N with tert-alkyl or cyclic N) is 1. The first kappa shape index (κ1) is 29.6. The van der Waals surface area contributed by atoms with Crippen molar-refractivity contribution in [3.05, 3.63) is 67.7 Å². The molecule has 8 nitrogen and oxygen atoms in total. The number of carbonyl (C=O) groups is 1. The first-order valence-corrected chi connectivity index (χ1v) is 14.5. The molecule has 2 aliphatic rings. The fourth-order valence-corrected chi connectivity index (χ4v) is 6.07. The minimum absolute atomic E-state index is 0.0563. The second kappa shape index (κ2) is 11.4. The average Bonchev–Trinajstić information content (AvgIpc) is 3.74. The number of benzene rings is 2. The van der Waals surface area contributed by atoms with E-state index in [-0.39, 0.29) is 35.3 Å². The van der Waals surface area contributed by atoms with Crippen LogP contribution in [0.1, 0.15) is 55.6 Å². The number of rotatable bonds is 8. The zero-order valence-corrected chi connectivity index (χ0v) is 25.2. The standard InChI is InChI=1S/C30H35Cl2FN4O4/c1-17-14-35(9-10-36(17)16-30(2,3)40)26-24(33)12-21-25(28(26)41-4)37(20-7-8-20)15-22(27(21)38)29(39)34-13-18-5-6-19(31)11-23(18)32/h5-6,11-12,15,17,20,40H,7-10,13-14,16H2,1-4H3,(H,34,39). The average molecular weight is 606 g/mol. The Bertz CT molecular complexity index is 1550. The molecule has 3 aromatic rings. The van der Waals surface area contributed by atoms with Crippen LogP contribution in [0.2, 0.25) is 10.0 Å². The van der Waals surface area contributed by atoms with Gasteiger partial charge in [0.25, 0.3) is 5.91 Å². The van der Waals surface area contributed by atoms with Gasteiger partial charge in [0.05, 0.1) is 23.6 Å². The molecule has 1 aliphatic carbocycles. The third-order valence-electron chi connectivity index (χ3n) is 7.71. The molecule has 1 atom stereocenters. The maximum Gasteiger partial charge on any atom is 0.257 e. The molecular formula is C30H35Cl2FN4O4. The first-order chi connectivity index (χ1) is 19.4. The molecule has 1 unspecified atom stereocenters. The number of aliphatic hydroxyl groups is 1. The highest BCUT2D eigenvalue weighted by Gasteiger charge is 2.34. The zero-order valence-electron chi connectivity index (χ0n) is 23.6. The highest BCUT2D eigenvalue weighted by atomic mass is 35.5. The Morgan fingerprint density at radius 3 is 2.56 bits per heavy atom. The van der Waals surface area contributed by atoms with Gasteiger partial charge >= 0.3 is 0 Å². The number of nitrogens with one attached hydrogen (secondary N) is 1. The number of fused-ring (bicyclic) bond motifs is 1. The van der Waals surface area contributed by atoms with Crippen molar-refractivity contribution >= 4 is 45.7 Å². The van der Waals surface area contributed by atoms with Crippen LogP contribution in [0.25, 0.3) is 10.9 Å². The van der Waals surface area contributed by atoms with Crippen molar-refractivity contribution in [2.75, 3.05) is 38.2 Å². The first-order valence-electron chi connectivity index (χ1n) is 13.8. The molecule has 1 aliphatic heterocycles. The predicted molar refractivity (Wildman–Crippen MR) is 160 cm³/mol. The molecule has 220 valence electrons. The van der Waals surface area contributed by atoms with Crippen molar-refractivity contribution in [2.24, 2.45) is 0 Å². The summed E-state index contributed by atoms with van der Waals surface area (Å²) in [6.45, 7) is 7.90. The van der Waals surface area contributed by atoms with Crippen LogP contribution >= 0.6 is 23.2 Å². The number of ether oxygens (including phenoxy) is 1. The van der Waals surface area contributed by atoms with Crippen molar-refractivity contribution in [2.45, 2.75) is 57.8 Å². The molecule has 2 fully saturated rings. The van der Waals surface area contributed by atoms with Gasteiger partial charge in [0.1, 0.15) is 11.3 Å². The van der Waals surface area contributed by atoms with E-state index >= 15 is 4.39 Å². The number of carbonyl (C=O) groups excluding carboxylic acids is 1. The molecule has 2 heterocycles. The van der Waals surface area contributed by atoms with Gasteiger partial charge in [0.2, 0.25) is 5.43 Å². The molecule has 2 aromatic carbocycles. The van der Waals surface area contributed by atoms with Crippen molar-refractivity contribution in [1.29, 1.82) is 0 Å². The number of anilines is 1. The highest BCUT2D eigenvalue weighted by molar-refractivity contribution is 6.35. The van der Waals surface area contributed by atoms with Gasteiger partial charge in [-0.05, 0) is 57.4 Å². The largest absolute Gasteiger partial charge is 0.492 e. The van der Waals surface area contributed by atoms with Gasteiger partial charge in [0.15, 0.2) is 11.6 Å². The van der Waals surface area contributed by atoms with E-state index in [0.29, 0.717) is 53.0 Å². The van der Waals surface area contributed by atoms with Crippen molar-refractivity contribution < 1.29 is 19.0 Å². The van der Waals surface area contributed by atoms with Crippen LogP contribution < -0.4 is 20.4 Å². The van der Waals surface area contributed by atoms with E-state index in [1.54, 1.807) is 38.2 Å². The van der Waals surface area contributed by atoms with E-state index in [0.717, 1.165) is 12.8 Å². The molecule has 1 aromatic heterocycles. The summed E-state index contributed by atoms with van der Waals surface area (Å²) in [4.78, 5) is 31.0. The summed E-state index contributed by atoms with van der Waals surface area (Å²) in [7, 11) is 1.48. The molecule has 1 saturated carbocycles. The number of methoxy groups -OCH3 is 1. The smallest absolute Gasteiger partial charge is 0.257 e. The second-order valence-corrected chi connectivity index (χ2v) is 12.5. The molecule has 0 bridgehead atoms. The highest BCUT2D eigenvalue weighted by Crippen LogP contribution is 2.44. The van der Waals surface area contributed by atoms with Gasteiger partial charge in [-0.3, -0.25) is 14.5 Å². The SMILES string of the molecule is COc1c(N2CCN(CC(C)(C)O)C(C)C2)c(F)cc2c(=O)c(C(=O)NCc3ccc(Cl)cc3Cl)cn(C3CC3)c12. The molecule has 1 saturated heterocycles. The van der Waals surface area contributed by atoms with Crippen LogP contribution in [0.4, 0.5) is 10.1 Å². The monoisotopic (exact) mass is 604 g/mol. The third-order valence-corrected chi connectivity index (χ3v) is 8.30. The quantitative estimate of drug-likeness (QED) is 0.376. The van der Waals surface area contributed by atoms with E-state index in [4.69, 9.17) is 27.9 Å². The lowest BCUT2D eigenvalue weighted by atomic mass is 10.0. The maximum atomic E-state index is 15.9. The minimum Gasteiger partial charge on any atom is -0.492 e. The van der Waals surface area contributed by atoms with Crippen LogP contribution in [0.3, 0.4) is 0 Å². The summed E-state index contributed by atoms with van der Waals surface area (Å²) in [5.41, 5.74) is -0.0325. The van der Waals surface area contributed by atoms with Gasteiger partial charge in [0, 0.05) is 61.0 Å². The lowest BCUT2D eigenvalue weighted by molar-refractivity contribution is 0.0200. The maximum absolute atomic E-state index is 15.9. The zero-order chi connectivity index (χ0) is 29.6. The molecule has 1 amide bonds. The number of hydrogen-bond donors (Lipinski definition) is 2. The Morgan fingerprint density at radius 1 is 1.22 bits per heavy atom. The number of hydrogen-bond acceptors (Lipinski definition) is 6. The van der Waals surface area contributed by atoms with Crippen molar-refractivity contribution in [3.8, 4) is 5.75 Å². The molecule has 2 N–H and O–H groups in total. The number of aromatic nitrogens is 1. The molecule has 0 spiro atoms. The fraction of sp³-hybridized carbons (Fsp3) is 0.467. The van der Waals surface area contributed by atoms with E-state index in [2.05, 4.69) is 10.2 Å². The van der Waals surface area contributed by atoms with Gasteiger partial charge in [-0.2, -0.15) is 0 Å². The van der Waals surface area contributed by atoms with Crippen LogP contribution in [0.5, 0.6) is 5.75 Å². The van der Waals surface area contributed by atoms with Gasteiger partial charge in [-0.15, -0.1) is 0 Å². The Morgan fingerprint density at radius 2 is 1.95 bits per heavy atom. The van der Waals surface area contributed by atoms with Gasteiger partial charge in [-0.25, -0.2) is 4.39 Å². The van der Waals surface area contributed by atoms with E-state index in [1.165, 1.54) is 13.2 Å². The number of pyridine rings is 1. The molecule has 11 heteroatoms. The molecule has 0 radical (unpaired) electrons. The lowest BCUT2D eigenvalue weighted by Gasteiger charge is -2.43. The molecule has 5 rings (SSSR count). The number of nitrogens with zero attached hydrogens (tertiary/aromatic N) is 3. The second-order valence-electron chi connectivity index (χ2n) is 11.6. The Hall–Kier alpha value is -2.85. The van der Waals surface area contributed by atoms with Crippen LogP contribution in [-0.4, -0.2) is 65.4 Å². The predicted octanol–water partition coefficient (Wildman–Crippen LogP) is 5.00. The van der Waals surface area contributed by atoms with Gasteiger partial charge in [-0.1, -0.05) is 29.3 Å². The van der Waals surface area contributed by atoms with Gasteiger partial charge < -0.3 is 24.6 Å². The summed E-state index contributed by atoms with van der Waals surface area (Å²) in [5, 5.41) is 14.0. The Kier molecular flexibility index (Phi) is 8.27. The summed E-state index contributed by atoms with van der Waals surface area (Å²) < 4.78 is 23.6. The summed E-state index contributed by atoms with van der Waals surface area (Å²) in [6, 6.07) is 6.33. The number of halogens is 3. The van der Waals surface area contributed by atoms with E-state index < -0.39 is 22.8 Å². The Labute approximate surface area is 248 Å². The summed E-state index contributed by atoms with van der Waals surface area (Å²) in [5.74, 6) is -0.869. The normalized spacial score (nSPS) is 18.1.